The third-order valence-electron chi connectivity index (χ3n) is 6.14. The summed E-state index contributed by atoms with van der Waals surface area (Å²) in [5.41, 5.74) is 3.17. The highest BCUT2D eigenvalue weighted by Gasteiger charge is 2.29. The summed E-state index contributed by atoms with van der Waals surface area (Å²) in [4.78, 5) is 13.2. The van der Waals surface area contributed by atoms with E-state index < -0.39 is 15.9 Å². The Morgan fingerprint density at radius 2 is 1.68 bits per heavy atom. The van der Waals surface area contributed by atoms with E-state index in [0.717, 1.165) is 37.1 Å². The number of carbonyl (C=O) groups is 1. The largest absolute Gasteiger partial charge is 0.495 e. The molecule has 8 nitrogen and oxygen atoms in total. The lowest BCUT2D eigenvalue weighted by atomic mass is 10.2. The van der Waals surface area contributed by atoms with E-state index in [-0.39, 0.29) is 16.2 Å². The Balaban J connectivity index is 1.65. The predicted octanol–water partition coefficient (Wildman–Crippen LogP) is 4.31. The molecular weight excluding hydrogens is 452 g/mol. The van der Waals surface area contributed by atoms with E-state index in [9.17, 15) is 13.2 Å². The maximum absolute atomic E-state index is 13.4. The fourth-order valence-corrected chi connectivity index (χ4v) is 5.97. The minimum Gasteiger partial charge on any atom is -0.495 e. The average Bonchev–Trinajstić information content (AvgIpc) is 3.04. The van der Waals surface area contributed by atoms with E-state index in [4.69, 9.17) is 4.74 Å². The first kappa shape index (κ1) is 24.0. The van der Waals surface area contributed by atoms with Crippen LogP contribution in [0, 0.1) is 13.8 Å². The van der Waals surface area contributed by atoms with Gasteiger partial charge in [0.05, 0.1) is 29.9 Å². The summed E-state index contributed by atoms with van der Waals surface area (Å²) in [6, 6.07) is 14.2. The van der Waals surface area contributed by atoms with Gasteiger partial charge in [0, 0.05) is 18.7 Å². The Morgan fingerprint density at radius 3 is 2.32 bits per heavy atom. The number of nitrogens with zero attached hydrogens (tertiary/aromatic N) is 3. The number of methoxy groups -OCH3 is 1. The Morgan fingerprint density at radius 1 is 1.00 bits per heavy atom. The van der Waals surface area contributed by atoms with Crippen LogP contribution in [0.1, 0.15) is 47.4 Å². The standard InChI is InChI=1S/C25H30N4O4S/c1-18-24(19(2)29(27-18)21-11-7-6-8-12-21)26-25(30)20-13-14-22(33-3)23(17-20)34(31,32)28-15-9-4-5-10-16-28/h6-8,11-14,17H,4-5,9-10,15-16H2,1-3H3,(H,26,30). The Labute approximate surface area is 200 Å². The number of hydrogen-bond donors (Lipinski definition) is 1. The smallest absolute Gasteiger partial charge is 0.255 e. The molecule has 0 radical (unpaired) electrons. The molecule has 0 spiro atoms. The van der Waals surface area contributed by atoms with Crippen LogP contribution in [0.15, 0.2) is 53.4 Å². The van der Waals surface area contributed by atoms with Gasteiger partial charge in [0.1, 0.15) is 10.6 Å². The van der Waals surface area contributed by atoms with E-state index in [2.05, 4.69) is 10.4 Å². The topological polar surface area (TPSA) is 93.5 Å². The first-order valence-electron chi connectivity index (χ1n) is 11.4. The van der Waals surface area contributed by atoms with Crippen molar-refractivity contribution in [2.75, 3.05) is 25.5 Å². The third-order valence-corrected chi connectivity index (χ3v) is 8.06. The number of amides is 1. The summed E-state index contributed by atoms with van der Waals surface area (Å²) in [5, 5.41) is 7.48. The summed E-state index contributed by atoms with van der Waals surface area (Å²) >= 11 is 0. The molecule has 0 saturated carbocycles. The van der Waals surface area contributed by atoms with Gasteiger partial charge in [-0.05, 0) is 57.0 Å². The van der Waals surface area contributed by atoms with Crippen molar-refractivity contribution < 1.29 is 17.9 Å². The summed E-state index contributed by atoms with van der Waals surface area (Å²) < 4.78 is 35.5. The molecule has 1 aromatic heterocycles. The van der Waals surface area contributed by atoms with Crippen molar-refractivity contribution in [3.05, 3.63) is 65.5 Å². The van der Waals surface area contributed by atoms with Gasteiger partial charge in [0.15, 0.2) is 0 Å². The molecule has 0 atom stereocenters. The van der Waals surface area contributed by atoms with E-state index in [1.165, 1.54) is 23.5 Å². The Bertz CT molecular complexity index is 1280. The van der Waals surface area contributed by atoms with Crippen molar-refractivity contribution in [1.82, 2.24) is 14.1 Å². The number of aryl methyl sites for hydroxylation is 1. The maximum atomic E-state index is 13.4. The van der Waals surface area contributed by atoms with Gasteiger partial charge >= 0.3 is 0 Å². The Kier molecular flexibility index (Phi) is 7.04. The molecule has 2 aromatic carbocycles. The number of ether oxygens (including phenoxy) is 1. The van der Waals surface area contributed by atoms with E-state index in [1.54, 1.807) is 10.7 Å². The summed E-state index contributed by atoms with van der Waals surface area (Å²) in [7, 11) is -2.36. The zero-order chi connectivity index (χ0) is 24.3. The highest BCUT2D eigenvalue weighted by molar-refractivity contribution is 7.89. The van der Waals surface area contributed by atoms with Gasteiger partial charge in [-0.1, -0.05) is 31.0 Å². The first-order chi connectivity index (χ1) is 16.3. The lowest BCUT2D eigenvalue weighted by Gasteiger charge is -2.21. The van der Waals surface area contributed by atoms with Crippen molar-refractivity contribution in [2.24, 2.45) is 0 Å². The molecule has 0 unspecified atom stereocenters. The molecule has 34 heavy (non-hydrogen) atoms. The fraction of sp³-hybridized carbons (Fsp3) is 0.360. The molecule has 180 valence electrons. The SMILES string of the molecule is COc1ccc(C(=O)Nc2c(C)nn(-c3ccccc3)c2C)cc1S(=O)(=O)N1CCCCCC1. The molecule has 3 aromatic rings. The van der Waals surface area contributed by atoms with E-state index >= 15 is 0 Å². The van der Waals surface area contributed by atoms with Crippen LogP contribution in [0.25, 0.3) is 5.69 Å². The predicted molar refractivity (Wildman–Crippen MR) is 131 cm³/mol. The number of para-hydroxylation sites is 1. The second kappa shape index (κ2) is 9.99. The van der Waals surface area contributed by atoms with Crippen molar-refractivity contribution in [2.45, 2.75) is 44.4 Å². The summed E-state index contributed by atoms with van der Waals surface area (Å²) in [5.74, 6) is -0.182. The molecule has 1 saturated heterocycles. The number of benzene rings is 2. The van der Waals surface area contributed by atoms with Crippen LogP contribution in [0.2, 0.25) is 0 Å². The monoisotopic (exact) mass is 482 g/mol. The minimum atomic E-state index is -3.79. The van der Waals surface area contributed by atoms with Gasteiger partial charge in [-0.2, -0.15) is 9.40 Å². The van der Waals surface area contributed by atoms with Crippen LogP contribution in [0.3, 0.4) is 0 Å². The quantitative estimate of drug-likeness (QED) is 0.565. The molecule has 1 fully saturated rings. The summed E-state index contributed by atoms with van der Waals surface area (Å²) in [6.07, 6.45) is 3.68. The minimum absolute atomic E-state index is 0.0120. The van der Waals surface area contributed by atoms with Crippen LogP contribution in [-0.2, 0) is 10.0 Å². The van der Waals surface area contributed by atoms with Crippen LogP contribution < -0.4 is 10.1 Å². The number of carbonyl (C=O) groups excluding carboxylic acids is 1. The highest BCUT2D eigenvalue weighted by atomic mass is 32.2. The molecule has 0 bridgehead atoms. The number of sulfonamides is 1. The van der Waals surface area contributed by atoms with Crippen molar-refractivity contribution >= 4 is 21.6 Å². The van der Waals surface area contributed by atoms with E-state index in [0.29, 0.717) is 24.5 Å². The van der Waals surface area contributed by atoms with Gasteiger partial charge in [0.2, 0.25) is 10.0 Å². The molecule has 1 amide bonds. The second-order valence-electron chi connectivity index (χ2n) is 8.43. The van der Waals surface area contributed by atoms with Crippen LogP contribution >= 0.6 is 0 Å². The highest BCUT2D eigenvalue weighted by Crippen LogP contribution is 2.30. The second-order valence-corrected chi connectivity index (χ2v) is 10.3. The van der Waals surface area contributed by atoms with Crippen molar-refractivity contribution in [3.8, 4) is 11.4 Å². The van der Waals surface area contributed by atoms with Crippen LogP contribution in [-0.4, -0.2) is 48.6 Å². The number of hydrogen-bond acceptors (Lipinski definition) is 5. The molecule has 1 aliphatic rings. The molecule has 0 aliphatic carbocycles. The average molecular weight is 483 g/mol. The lowest BCUT2D eigenvalue weighted by molar-refractivity contribution is 0.102. The van der Waals surface area contributed by atoms with Gasteiger partial charge in [-0.15, -0.1) is 0 Å². The van der Waals surface area contributed by atoms with Gasteiger partial charge in [-0.25, -0.2) is 13.1 Å². The molecule has 1 N–H and O–H groups in total. The zero-order valence-electron chi connectivity index (χ0n) is 19.7. The van der Waals surface area contributed by atoms with Crippen LogP contribution in [0.5, 0.6) is 5.75 Å². The normalized spacial score (nSPS) is 15.0. The van der Waals surface area contributed by atoms with Gasteiger partial charge in [-0.3, -0.25) is 4.79 Å². The lowest BCUT2D eigenvalue weighted by Crippen LogP contribution is -2.32. The molecule has 9 heteroatoms. The maximum Gasteiger partial charge on any atom is 0.255 e. The third kappa shape index (κ3) is 4.71. The van der Waals surface area contributed by atoms with Crippen LogP contribution in [0.4, 0.5) is 5.69 Å². The molecule has 1 aliphatic heterocycles. The summed E-state index contributed by atoms with van der Waals surface area (Å²) in [6.45, 7) is 4.65. The van der Waals surface area contributed by atoms with Crippen molar-refractivity contribution in [3.63, 3.8) is 0 Å². The Hall–Kier alpha value is -3.17. The number of rotatable bonds is 6. The van der Waals surface area contributed by atoms with Gasteiger partial charge in [0.25, 0.3) is 5.91 Å². The number of nitrogens with one attached hydrogen (secondary N) is 1. The molecule has 2 heterocycles. The number of anilines is 1. The molecular formula is C25H30N4O4S. The fourth-order valence-electron chi connectivity index (χ4n) is 4.27. The van der Waals surface area contributed by atoms with Crippen molar-refractivity contribution in [1.29, 1.82) is 0 Å². The van der Waals surface area contributed by atoms with Gasteiger partial charge < -0.3 is 10.1 Å². The molecule has 4 rings (SSSR count). The zero-order valence-corrected chi connectivity index (χ0v) is 20.6. The first-order valence-corrected chi connectivity index (χ1v) is 12.9. The van der Waals surface area contributed by atoms with E-state index in [1.807, 2.05) is 44.2 Å². The number of aromatic nitrogens is 2.